The second-order valence-electron chi connectivity index (χ2n) is 8.02. The molecule has 2 aliphatic rings. The zero-order valence-electron chi connectivity index (χ0n) is 15.0. The fourth-order valence-electron chi connectivity index (χ4n) is 3.10. The minimum absolute atomic E-state index is 0.307. The number of rotatable bonds is 3. The van der Waals surface area contributed by atoms with Gasteiger partial charge in [-0.15, -0.1) is 0 Å². The maximum absolute atomic E-state index is 6.05. The zero-order valence-corrected chi connectivity index (χ0v) is 15.0. The van der Waals surface area contributed by atoms with E-state index in [-0.39, 0.29) is 18.3 Å². The van der Waals surface area contributed by atoms with Crippen LogP contribution in [0.3, 0.4) is 0 Å². The van der Waals surface area contributed by atoms with Gasteiger partial charge in [0.25, 0.3) is 0 Å². The molecule has 2 fully saturated rings. The smallest absolute Gasteiger partial charge is 0.474 e. The van der Waals surface area contributed by atoms with E-state index < -0.39 is 0 Å². The first-order chi connectivity index (χ1) is 10.8. The van der Waals surface area contributed by atoms with E-state index in [0.29, 0.717) is 12.0 Å². The molecular weight excluding hydrogens is 289 g/mol. The second-order valence-corrected chi connectivity index (χ2v) is 8.02. The molecule has 1 aromatic heterocycles. The number of aromatic nitrogens is 1. The minimum Gasteiger partial charge on any atom is -0.474 e. The Balaban J connectivity index is 1.62. The van der Waals surface area contributed by atoms with E-state index in [1.54, 1.807) is 0 Å². The molecule has 1 aliphatic heterocycles. The Labute approximate surface area is 140 Å². The molecule has 0 N–H and O–H groups in total. The Morgan fingerprint density at radius 3 is 2.17 bits per heavy atom. The van der Waals surface area contributed by atoms with Gasteiger partial charge in [0.1, 0.15) is 6.10 Å². The lowest BCUT2D eigenvalue weighted by molar-refractivity contribution is 0.00578. The second kappa shape index (κ2) is 6.10. The molecule has 1 aliphatic carbocycles. The third-order valence-corrected chi connectivity index (χ3v) is 5.53. The lowest BCUT2D eigenvalue weighted by Gasteiger charge is -2.32. The number of hydrogen-bond acceptors (Lipinski definition) is 4. The summed E-state index contributed by atoms with van der Waals surface area (Å²) in [6.45, 7) is 10.5. The first-order valence-electron chi connectivity index (χ1n) is 8.75. The zero-order chi connectivity index (χ0) is 16.7. The molecule has 0 spiro atoms. The first-order valence-corrected chi connectivity index (χ1v) is 8.75. The summed E-state index contributed by atoms with van der Waals surface area (Å²) in [7, 11) is -0.364. The molecule has 1 aromatic rings. The lowest BCUT2D eigenvalue weighted by Crippen LogP contribution is -2.41. The standard InChI is InChI=1S/C18H28BNO3/c1-13-6-9-15(10-7-13)21-16-11-8-14(12-20-16)19-22-17(2,3)18(4,5)23-19/h8,11-13,15H,6-7,9-10H2,1-5H3. The van der Waals surface area contributed by atoms with Gasteiger partial charge in [-0.3, -0.25) is 0 Å². The van der Waals surface area contributed by atoms with Crippen molar-refractivity contribution in [2.45, 2.75) is 77.6 Å². The molecule has 3 rings (SSSR count). The molecule has 1 saturated heterocycles. The largest absolute Gasteiger partial charge is 0.496 e. The topological polar surface area (TPSA) is 40.6 Å². The van der Waals surface area contributed by atoms with Crippen LogP contribution in [0.2, 0.25) is 0 Å². The van der Waals surface area contributed by atoms with Crippen LogP contribution in [0.15, 0.2) is 18.3 Å². The molecule has 4 nitrogen and oxygen atoms in total. The minimum atomic E-state index is -0.364. The van der Waals surface area contributed by atoms with Crippen LogP contribution >= 0.6 is 0 Å². The molecule has 0 radical (unpaired) electrons. The van der Waals surface area contributed by atoms with Crippen molar-refractivity contribution in [1.29, 1.82) is 0 Å². The van der Waals surface area contributed by atoms with Gasteiger partial charge < -0.3 is 14.0 Å². The van der Waals surface area contributed by atoms with Crippen molar-refractivity contribution < 1.29 is 14.0 Å². The highest BCUT2D eigenvalue weighted by Gasteiger charge is 2.51. The average molecular weight is 317 g/mol. The summed E-state index contributed by atoms with van der Waals surface area (Å²) in [5.41, 5.74) is 0.283. The summed E-state index contributed by atoms with van der Waals surface area (Å²) >= 11 is 0. The first kappa shape index (κ1) is 16.8. The van der Waals surface area contributed by atoms with Crippen molar-refractivity contribution in [2.24, 2.45) is 5.92 Å². The third kappa shape index (κ3) is 3.56. The van der Waals surface area contributed by atoms with Crippen LogP contribution in [0, 0.1) is 5.92 Å². The predicted molar refractivity (Wildman–Crippen MR) is 92.0 cm³/mol. The van der Waals surface area contributed by atoms with Gasteiger partial charge in [0, 0.05) is 11.7 Å². The van der Waals surface area contributed by atoms with Gasteiger partial charge >= 0.3 is 7.12 Å². The van der Waals surface area contributed by atoms with Gasteiger partial charge in [-0.25, -0.2) is 4.98 Å². The molecule has 0 bridgehead atoms. The predicted octanol–water partition coefficient (Wildman–Crippen LogP) is 3.34. The molecule has 126 valence electrons. The summed E-state index contributed by atoms with van der Waals surface area (Å²) in [5.74, 6) is 1.53. The van der Waals surface area contributed by atoms with Crippen LogP contribution in [0.1, 0.15) is 60.3 Å². The SMILES string of the molecule is CC1CCC(Oc2ccc(B3OC(C)(C)C(C)(C)O3)cn2)CC1. The van der Waals surface area contributed by atoms with Gasteiger partial charge in [-0.2, -0.15) is 0 Å². The fraction of sp³-hybridized carbons (Fsp3) is 0.722. The fourth-order valence-corrected chi connectivity index (χ4v) is 3.10. The van der Waals surface area contributed by atoms with Crippen LogP contribution in [0.4, 0.5) is 0 Å². The highest BCUT2D eigenvalue weighted by Crippen LogP contribution is 2.36. The van der Waals surface area contributed by atoms with Gasteiger partial charge in [0.2, 0.25) is 5.88 Å². The van der Waals surface area contributed by atoms with E-state index in [2.05, 4.69) is 39.6 Å². The molecule has 23 heavy (non-hydrogen) atoms. The van der Waals surface area contributed by atoms with Crippen molar-refractivity contribution in [3.8, 4) is 5.88 Å². The number of hydrogen-bond donors (Lipinski definition) is 0. The Morgan fingerprint density at radius 2 is 1.65 bits per heavy atom. The van der Waals surface area contributed by atoms with Crippen molar-refractivity contribution in [2.75, 3.05) is 0 Å². The van der Waals surface area contributed by atoms with Crippen LogP contribution in [0.5, 0.6) is 5.88 Å². The Hall–Kier alpha value is -1.07. The highest BCUT2D eigenvalue weighted by molar-refractivity contribution is 6.62. The molecule has 0 amide bonds. The van der Waals surface area contributed by atoms with Crippen LogP contribution in [-0.4, -0.2) is 29.4 Å². The molecular formula is C18H28BNO3. The maximum atomic E-state index is 6.05. The molecule has 0 aromatic carbocycles. The monoisotopic (exact) mass is 317 g/mol. The third-order valence-electron chi connectivity index (χ3n) is 5.53. The van der Waals surface area contributed by atoms with E-state index in [4.69, 9.17) is 14.0 Å². The molecule has 0 atom stereocenters. The van der Waals surface area contributed by atoms with Gasteiger partial charge in [0.05, 0.1) is 11.2 Å². The van der Waals surface area contributed by atoms with E-state index in [9.17, 15) is 0 Å². The number of nitrogens with zero attached hydrogens (tertiary/aromatic N) is 1. The Bertz CT molecular complexity index is 520. The highest BCUT2D eigenvalue weighted by atomic mass is 16.7. The lowest BCUT2D eigenvalue weighted by atomic mass is 9.80. The summed E-state index contributed by atoms with van der Waals surface area (Å²) in [4.78, 5) is 4.45. The molecule has 1 saturated carbocycles. The van der Waals surface area contributed by atoms with Crippen molar-refractivity contribution in [1.82, 2.24) is 4.98 Å². The van der Waals surface area contributed by atoms with E-state index in [1.807, 2.05) is 18.3 Å². The van der Waals surface area contributed by atoms with Crippen molar-refractivity contribution in [3.05, 3.63) is 18.3 Å². The maximum Gasteiger partial charge on any atom is 0.496 e. The van der Waals surface area contributed by atoms with Crippen LogP contribution in [-0.2, 0) is 9.31 Å². The summed E-state index contributed by atoms with van der Waals surface area (Å²) < 4.78 is 18.1. The molecule has 0 unspecified atom stereocenters. The summed E-state index contributed by atoms with van der Waals surface area (Å²) in [6, 6.07) is 3.92. The van der Waals surface area contributed by atoms with E-state index >= 15 is 0 Å². The Kier molecular flexibility index (Phi) is 4.45. The number of ether oxygens (including phenoxy) is 1. The van der Waals surface area contributed by atoms with Crippen LogP contribution < -0.4 is 10.2 Å². The normalized spacial score (nSPS) is 29.5. The summed E-state index contributed by atoms with van der Waals surface area (Å²) in [6.07, 6.45) is 6.86. The van der Waals surface area contributed by atoms with E-state index in [1.165, 1.54) is 12.8 Å². The van der Waals surface area contributed by atoms with Gasteiger partial charge in [0.15, 0.2) is 0 Å². The quantitative estimate of drug-likeness (QED) is 0.802. The van der Waals surface area contributed by atoms with Crippen molar-refractivity contribution >= 4 is 12.6 Å². The summed E-state index contributed by atoms with van der Waals surface area (Å²) in [5, 5.41) is 0. The molecule has 5 heteroatoms. The van der Waals surface area contributed by atoms with Crippen LogP contribution in [0.25, 0.3) is 0 Å². The average Bonchev–Trinajstić information content (AvgIpc) is 2.71. The molecule has 2 heterocycles. The Morgan fingerprint density at radius 1 is 1.04 bits per heavy atom. The van der Waals surface area contributed by atoms with Crippen molar-refractivity contribution in [3.63, 3.8) is 0 Å². The van der Waals surface area contributed by atoms with E-state index in [0.717, 1.165) is 24.2 Å². The van der Waals surface area contributed by atoms with Gasteiger partial charge in [-0.05, 0) is 65.4 Å². The number of pyridine rings is 1. The van der Waals surface area contributed by atoms with Gasteiger partial charge in [-0.1, -0.05) is 13.0 Å².